The van der Waals surface area contributed by atoms with Crippen molar-refractivity contribution in [1.82, 2.24) is 0 Å². The maximum atomic E-state index is 13.7. The molecule has 0 spiro atoms. The molecular formula is C15H21F2KN2O. The Morgan fingerprint density at radius 1 is 1.38 bits per heavy atom. The van der Waals surface area contributed by atoms with E-state index in [-0.39, 0.29) is 70.3 Å². The number of anilines is 1. The van der Waals surface area contributed by atoms with E-state index in [9.17, 15) is 8.78 Å². The first-order valence-corrected chi connectivity index (χ1v) is 6.98. The van der Waals surface area contributed by atoms with Gasteiger partial charge in [0.25, 0.3) is 5.92 Å². The molecule has 2 rings (SSSR count). The second-order valence-electron chi connectivity index (χ2n) is 5.05. The molecule has 0 aromatic heterocycles. The molecule has 0 amide bonds. The molecule has 0 saturated carbocycles. The average Bonchev–Trinajstić information content (AvgIpc) is 2.44. The third-order valence-electron chi connectivity index (χ3n) is 3.65. The molecule has 1 aromatic carbocycles. The van der Waals surface area contributed by atoms with E-state index in [1.165, 1.54) is 0 Å². The van der Waals surface area contributed by atoms with Crippen molar-refractivity contribution in [1.29, 1.82) is 0 Å². The molecule has 0 N–H and O–H groups in total. The van der Waals surface area contributed by atoms with Gasteiger partial charge in [-0.25, -0.2) is 8.78 Å². The summed E-state index contributed by atoms with van der Waals surface area (Å²) in [5, 5.41) is 4.28. The van der Waals surface area contributed by atoms with Gasteiger partial charge in [-0.2, -0.15) is 6.54 Å². The number of hydrogen-bond acceptors (Lipinski definition) is 2. The first-order chi connectivity index (χ1) is 9.57. The number of alkyl halides is 2. The maximum absolute atomic E-state index is 13.7. The number of hydrogen-bond donors (Lipinski definition) is 0. The van der Waals surface area contributed by atoms with Crippen LogP contribution in [0.15, 0.2) is 24.3 Å². The van der Waals surface area contributed by atoms with E-state index < -0.39 is 5.92 Å². The van der Waals surface area contributed by atoms with Gasteiger partial charge in [0.1, 0.15) is 5.75 Å². The Balaban J connectivity index is 0.00000220. The van der Waals surface area contributed by atoms with Gasteiger partial charge in [-0.15, -0.1) is 6.54 Å². The second kappa shape index (κ2) is 8.79. The topological polar surface area (TPSA) is 26.6 Å². The summed E-state index contributed by atoms with van der Waals surface area (Å²) in [6.07, 6.45) is -0.262. The number of halogens is 2. The molecule has 1 heterocycles. The summed E-state index contributed by atoms with van der Waals surface area (Å²) in [6.45, 7) is 3.34. The van der Waals surface area contributed by atoms with Crippen LogP contribution in [0.1, 0.15) is 19.8 Å². The standard InChI is InChI=1S/C15H21F2N2O.K/c1-3-18-11-12-10-15(16,17)8-9-19(12)13-6-4-5-7-14(13)20-2;/h4-7,12H,3,8-11H2,1-2H3;/q-1;+1. The second-order valence-corrected chi connectivity index (χ2v) is 5.05. The van der Waals surface area contributed by atoms with Gasteiger partial charge in [0.2, 0.25) is 0 Å². The van der Waals surface area contributed by atoms with E-state index in [0.717, 1.165) is 11.4 Å². The summed E-state index contributed by atoms with van der Waals surface area (Å²) >= 11 is 0. The van der Waals surface area contributed by atoms with Gasteiger partial charge in [-0.1, -0.05) is 19.1 Å². The Labute approximate surface area is 167 Å². The minimum Gasteiger partial charge on any atom is -0.661 e. The number of likely N-dealkylation sites (N-methyl/N-ethyl adjacent to an activating group) is 1. The molecule has 1 atom stereocenters. The number of rotatable bonds is 5. The summed E-state index contributed by atoms with van der Waals surface area (Å²) in [7, 11) is 1.60. The fourth-order valence-electron chi connectivity index (χ4n) is 2.65. The zero-order valence-electron chi connectivity index (χ0n) is 13.0. The Bertz CT molecular complexity index is 445. The summed E-state index contributed by atoms with van der Waals surface area (Å²) in [4.78, 5) is 2.01. The Hall–Kier alpha value is 0.276. The van der Waals surface area contributed by atoms with E-state index in [1.54, 1.807) is 7.11 Å². The van der Waals surface area contributed by atoms with Crippen LogP contribution in [-0.4, -0.2) is 38.7 Å². The smallest absolute Gasteiger partial charge is 0.661 e. The van der Waals surface area contributed by atoms with Crippen LogP contribution in [-0.2, 0) is 0 Å². The van der Waals surface area contributed by atoms with Crippen LogP contribution in [0.3, 0.4) is 0 Å². The normalized spacial score (nSPS) is 20.8. The molecule has 1 saturated heterocycles. The fourth-order valence-corrected chi connectivity index (χ4v) is 2.65. The van der Waals surface area contributed by atoms with E-state index in [2.05, 4.69) is 5.32 Å². The molecule has 1 aliphatic heterocycles. The fraction of sp³-hybridized carbons (Fsp3) is 0.600. The van der Waals surface area contributed by atoms with Gasteiger partial charge in [0.15, 0.2) is 0 Å². The molecule has 0 radical (unpaired) electrons. The number of ether oxygens (including phenoxy) is 1. The molecule has 112 valence electrons. The van der Waals surface area contributed by atoms with Crippen molar-refractivity contribution in [2.24, 2.45) is 0 Å². The van der Waals surface area contributed by atoms with Gasteiger partial charge in [-0.05, 0) is 12.1 Å². The van der Waals surface area contributed by atoms with Gasteiger partial charge in [0, 0.05) is 25.4 Å². The van der Waals surface area contributed by atoms with Crippen LogP contribution in [0, 0.1) is 0 Å². The van der Waals surface area contributed by atoms with Crippen LogP contribution in [0.5, 0.6) is 5.75 Å². The van der Waals surface area contributed by atoms with Crippen molar-refractivity contribution in [2.45, 2.75) is 31.7 Å². The summed E-state index contributed by atoms with van der Waals surface area (Å²) in [5.41, 5.74) is 0.877. The van der Waals surface area contributed by atoms with E-state index in [1.807, 2.05) is 36.1 Å². The Morgan fingerprint density at radius 2 is 2.10 bits per heavy atom. The minimum absolute atomic E-state index is 0. The third-order valence-corrected chi connectivity index (χ3v) is 3.65. The van der Waals surface area contributed by atoms with Crippen molar-refractivity contribution >= 4 is 5.69 Å². The SMILES string of the molecule is CC[N-]CC1CC(F)(F)CCN1c1ccccc1OC.[K+]. The molecule has 1 aliphatic rings. The average molecular weight is 322 g/mol. The van der Waals surface area contributed by atoms with E-state index >= 15 is 0 Å². The Kier molecular flexibility index (Phi) is 8.09. The van der Waals surface area contributed by atoms with Crippen molar-refractivity contribution in [3.8, 4) is 5.75 Å². The van der Waals surface area contributed by atoms with Crippen molar-refractivity contribution in [3.05, 3.63) is 29.6 Å². The zero-order valence-corrected chi connectivity index (χ0v) is 16.1. The number of benzene rings is 1. The van der Waals surface area contributed by atoms with Gasteiger partial charge in [-0.3, -0.25) is 0 Å². The molecule has 21 heavy (non-hydrogen) atoms. The predicted molar refractivity (Wildman–Crippen MR) is 77.1 cm³/mol. The first kappa shape index (κ1) is 19.3. The van der Waals surface area contributed by atoms with Crippen LogP contribution in [0.25, 0.3) is 5.32 Å². The van der Waals surface area contributed by atoms with Crippen molar-refractivity contribution in [3.63, 3.8) is 0 Å². The van der Waals surface area contributed by atoms with E-state index in [4.69, 9.17) is 4.74 Å². The maximum Gasteiger partial charge on any atom is 1.00 e. The summed E-state index contributed by atoms with van der Waals surface area (Å²) < 4.78 is 32.7. The molecule has 1 aromatic rings. The Morgan fingerprint density at radius 3 is 2.76 bits per heavy atom. The summed E-state index contributed by atoms with van der Waals surface area (Å²) in [6, 6.07) is 7.29. The number of nitrogens with zero attached hydrogens (tertiary/aromatic N) is 2. The van der Waals surface area contributed by atoms with Crippen LogP contribution < -0.4 is 61.0 Å². The van der Waals surface area contributed by atoms with Crippen LogP contribution >= 0.6 is 0 Å². The number of methoxy groups -OCH3 is 1. The molecule has 1 unspecified atom stereocenters. The molecular weight excluding hydrogens is 301 g/mol. The van der Waals surface area contributed by atoms with Crippen molar-refractivity contribution in [2.75, 3.05) is 31.6 Å². The molecule has 6 heteroatoms. The van der Waals surface area contributed by atoms with Gasteiger partial charge >= 0.3 is 51.4 Å². The zero-order chi connectivity index (χ0) is 14.6. The van der Waals surface area contributed by atoms with Gasteiger partial charge in [0.05, 0.1) is 12.8 Å². The number of piperidine rings is 1. The van der Waals surface area contributed by atoms with Gasteiger partial charge < -0.3 is 15.0 Å². The number of para-hydroxylation sites is 2. The molecule has 0 aliphatic carbocycles. The monoisotopic (exact) mass is 322 g/mol. The quantitative estimate of drug-likeness (QED) is 0.746. The minimum atomic E-state index is -2.59. The third kappa shape index (κ3) is 5.15. The van der Waals surface area contributed by atoms with Crippen molar-refractivity contribution < 1.29 is 64.9 Å². The molecule has 0 bridgehead atoms. The summed E-state index contributed by atoms with van der Waals surface area (Å²) in [5.74, 6) is -1.87. The van der Waals surface area contributed by atoms with E-state index in [0.29, 0.717) is 19.6 Å². The molecule has 1 fully saturated rings. The molecule has 3 nitrogen and oxygen atoms in total. The first-order valence-electron chi connectivity index (χ1n) is 6.98. The largest absolute Gasteiger partial charge is 1.00 e. The van der Waals surface area contributed by atoms with Crippen LogP contribution in [0.2, 0.25) is 0 Å². The van der Waals surface area contributed by atoms with Crippen LogP contribution in [0.4, 0.5) is 14.5 Å². The predicted octanol–water partition coefficient (Wildman–Crippen LogP) is 0.697.